The SMILES string of the molecule is Cc1cccc(/C=N\Nc2nc3ccccc3c(=O)n2CCCOC(C)C)c1. The van der Waals surface area contributed by atoms with E-state index < -0.39 is 0 Å². The van der Waals surface area contributed by atoms with E-state index >= 15 is 0 Å². The summed E-state index contributed by atoms with van der Waals surface area (Å²) < 4.78 is 7.22. The molecule has 0 bridgehead atoms. The lowest BCUT2D eigenvalue weighted by molar-refractivity contribution is 0.0748. The van der Waals surface area contributed by atoms with Gasteiger partial charge in [-0.05, 0) is 44.9 Å². The summed E-state index contributed by atoms with van der Waals surface area (Å²) in [6.45, 7) is 7.12. The van der Waals surface area contributed by atoms with Crippen molar-refractivity contribution >= 4 is 23.1 Å². The van der Waals surface area contributed by atoms with Crippen LogP contribution in [-0.2, 0) is 11.3 Å². The summed E-state index contributed by atoms with van der Waals surface area (Å²) in [6, 6.07) is 15.4. The molecule has 2 aromatic carbocycles. The Morgan fingerprint density at radius 3 is 2.82 bits per heavy atom. The second kappa shape index (κ2) is 9.28. The summed E-state index contributed by atoms with van der Waals surface area (Å²) in [5.41, 5.74) is 5.65. The van der Waals surface area contributed by atoms with Crippen LogP contribution in [0.5, 0.6) is 0 Å². The van der Waals surface area contributed by atoms with Gasteiger partial charge in [-0.25, -0.2) is 10.4 Å². The predicted molar refractivity (Wildman–Crippen MR) is 114 cm³/mol. The minimum absolute atomic E-state index is 0.0802. The fraction of sp³-hybridized carbons (Fsp3) is 0.318. The summed E-state index contributed by atoms with van der Waals surface area (Å²) in [5, 5.41) is 4.89. The van der Waals surface area contributed by atoms with E-state index in [2.05, 4.69) is 15.5 Å². The van der Waals surface area contributed by atoms with Crippen LogP contribution in [0.2, 0.25) is 0 Å². The van der Waals surface area contributed by atoms with Gasteiger partial charge in [0.25, 0.3) is 5.56 Å². The van der Waals surface area contributed by atoms with Crippen LogP contribution in [0.3, 0.4) is 0 Å². The fourth-order valence-corrected chi connectivity index (χ4v) is 2.92. The molecule has 0 spiro atoms. The number of hydrogen-bond donors (Lipinski definition) is 1. The van der Waals surface area contributed by atoms with Gasteiger partial charge in [0.1, 0.15) is 0 Å². The normalized spacial score (nSPS) is 11.6. The first-order chi connectivity index (χ1) is 13.5. The van der Waals surface area contributed by atoms with E-state index in [0.717, 1.165) is 11.1 Å². The summed E-state index contributed by atoms with van der Waals surface area (Å²) in [6.07, 6.45) is 2.61. The summed E-state index contributed by atoms with van der Waals surface area (Å²) in [4.78, 5) is 17.5. The Hall–Kier alpha value is -2.99. The standard InChI is InChI=1S/C22H26N4O2/c1-16(2)28-13-7-12-26-21(27)19-10-4-5-11-20(19)24-22(26)25-23-15-18-9-6-8-17(3)14-18/h4-6,8-11,14-16H,7,12-13H2,1-3H3,(H,24,25)/b23-15-. The lowest BCUT2D eigenvalue weighted by Gasteiger charge is -2.13. The molecule has 0 saturated carbocycles. The Labute approximate surface area is 164 Å². The minimum Gasteiger partial charge on any atom is -0.379 e. The Bertz CT molecular complexity index is 1020. The zero-order valence-electron chi connectivity index (χ0n) is 16.6. The van der Waals surface area contributed by atoms with E-state index in [4.69, 9.17) is 4.74 Å². The monoisotopic (exact) mass is 378 g/mol. The first-order valence-corrected chi connectivity index (χ1v) is 9.51. The lowest BCUT2D eigenvalue weighted by atomic mass is 10.2. The van der Waals surface area contributed by atoms with Gasteiger partial charge in [0, 0.05) is 13.2 Å². The van der Waals surface area contributed by atoms with Crippen LogP contribution in [0.4, 0.5) is 5.95 Å². The smallest absolute Gasteiger partial charge is 0.262 e. The molecule has 0 unspecified atom stereocenters. The number of hydrogen-bond acceptors (Lipinski definition) is 5. The van der Waals surface area contributed by atoms with Crippen molar-refractivity contribution in [3.05, 3.63) is 70.0 Å². The van der Waals surface area contributed by atoms with Gasteiger partial charge in [0.2, 0.25) is 5.95 Å². The molecule has 3 rings (SSSR count). The van der Waals surface area contributed by atoms with Gasteiger partial charge < -0.3 is 4.74 Å². The topological polar surface area (TPSA) is 68.5 Å². The Balaban J connectivity index is 1.85. The van der Waals surface area contributed by atoms with Gasteiger partial charge in [-0.2, -0.15) is 5.10 Å². The van der Waals surface area contributed by atoms with Crippen molar-refractivity contribution in [3.63, 3.8) is 0 Å². The fourth-order valence-electron chi connectivity index (χ4n) is 2.92. The van der Waals surface area contributed by atoms with Crippen molar-refractivity contribution in [1.82, 2.24) is 9.55 Å². The van der Waals surface area contributed by atoms with E-state index in [1.165, 1.54) is 0 Å². The van der Waals surface area contributed by atoms with Gasteiger partial charge in [0.15, 0.2) is 0 Å². The molecule has 1 aromatic heterocycles. The third-order valence-electron chi connectivity index (χ3n) is 4.26. The first-order valence-electron chi connectivity index (χ1n) is 9.51. The van der Waals surface area contributed by atoms with E-state index in [1.807, 2.05) is 63.2 Å². The van der Waals surface area contributed by atoms with Crippen LogP contribution >= 0.6 is 0 Å². The number of nitrogens with one attached hydrogen (secondary N) is 1. The van der Waals surface area contributed by atoms with Crippen molar-refractivity contribution < 1.29 is 4.74 Å². The largest absolute Gasteiger partial charge is 0.379 e. The minimum atomic E-state index is -0.0802. The molecule has 0 atom stereocenters. The lowest BCUT2D eigenvalue weighted by Crippen LogP contribution is -2.25. The molecule has 0 saturated heterocycles. The molecule has 3 aromatic rings. The molecule has 28 heavy (non-hydrogen) atoms. The summed E-state index contributed by atoms with van der Waals surface area (Å²) in [7, 11) is 0. The highest BCUT2D eigenvalue weighted by Gasteiger charge is 2.10. The molecule has 6 nitrogen and oxygen atoms in total. The van der Waals surface area contributed by atoms with Crippen LogP contribution in [0.1, 0.15) is 31.4 Å². The molecule has 0 aliphatic rings. The van der Waals surface area contributed by atoms with Gasteiger partial charge in [0.05, 0.1) is 23.2 Å². The molecule has 0 aliphatic heterocycles. The highest BCUT2D eigenvalue weighted by molar-refractivity contribution is 5.81. The second-order valence-electron chi connectivity index (χ2n) is 6.97. The van der Waals surface area contributed by atoms with E-state index in [-0.39, 0.29) is 11.7 Å². The molecule has 0 radical (unpaired) electrons. The summed E-state index contributed by atoms with van der Waals surface area (Å²) >= 11 is 0. The number of hydrazone groups is 1. The highest BCUT2D eigenvalue weighted by Crippen LogP contribution is 2.12. The number of rotatable bonds is 8. The predicted octanol–water partition coefficient (Wildman–Crippen LogP) is 3.97. The molecule has 146 valence electrons. The van der Waals surface area contributed by atoms with Crippen molar-refractivity contribution in [1.29, 1.82) is 0 Å². The number of ether oxygens (including phenoxy) is 1. The number of aromatic nitrogens is 2. The average molecular weight is 378 g/mol. The maximum absolute atomic E-state index is 12.9. The highest BCUT2D eigenvalue weighted by atomic mass is 16.5. The first kappa shape index (κ1) is 19.8. The molecule has 6 heteroatoms. The second-order valence-corrected chi connectivity index (χ2v) is 6.97. The van der Waals surface area contributed by atoms with Gasteiger partial charge >= 0.3 is 0 Å². The molecular weight excluding hydrogens is 352 g/mol. The van der Waals surface area contributed by atoms with Crippen LogP contribution in [0.25, 0.3) is 10.9 Å². The quantitative estimate of drug-likeness (QED) is 0.366. The van der Waals surface area contributed by atoms with Crippen molar-refractivity contribution in [2.45, 2.75) is 39.8 Å². The molecular formula is C22H26N4O2. The van der Waals surface area contributed by atoms with Crippen molar-refractivity contribution in [2.75, 3.05) is 12.0 Å². The third kappa shape index (κ3) is 5.04. The number of nitrogens with zero attached hydrogens (tertiary/aromatic N) is 3. The number of anilines is 1. The van der Waals surface area contributed by atoms with Crippen molar-refractivity contribution in [3.8, 4) is 0 Å². The number of aryl methyl sites for hydroxylation is 1. The maximum Gasteiger partial charge on any atom is 0.262 e. The molecule has 0 fully saturated rings. The molecule has 0 aliphatic carbocycles. The van der Waals surface area contributed by atoms with E-state index in [0.29, 0.717) is 36.4 Å². The zero-order valence-corrected chi connectivity index (χ0v) is 16.6. The van der Waals surface area contributed by atoms with Crippen LogP contribution < -0.4 is 11.0 Å². The van der Waals surface area contributed by atoms with Gasteiger partial charge in [-0.15, -0.1) is 0 Å². The number of para-hydroxylation sites is 1. The summed E-state index contributed by atoms with van der Waals surface area (Å²) in [5.74, 6) is 0.428. The van der Waals surface area contributed by atoms with Crippen LogP contribution in [0, 0.1) is 6.92 Å². The van der Waals surface area contributed by atoms with Crippen LogP contribution in [-0.4, -0.2) is 28.5 Å². The Morgan fingerprint density at radius 2 is 2.04 bits per heavy atom. The Morgan fingerprint density at radius 1 is 1.21 bits per heavy atom. The molecule has 1 N–H and O–H groups in total. The number of fused-ring (bicyclic) bond motifs is 1. The Kier molecular flexibility index (Phi) is 6.55. The maximum atomic E-state index is 12.9. The zero-order chi connectivity index (χ0) is 19.9. The third-order valence-corrected chi connectivity index (χ3v) is 4.26. The van der Waals surface area contributed by atoms with Crippen LogP contribution in [0.15, 0.2) is 58.4 Å². The molecule has 1 heterocycles. The van der Waals surface area contributed by atoms with Crippen molar-refractivity contribution in [2.24, 2.45) is 5.10 Å². The average Bonchev–Trinajstić information content (AvgIpc) is 2.67. The van der Waals surface area contributed by atoms with E-state index in [1.54, 1.807) is 16.8 Å². The molecule has 0 amide bonds. The van der Waals surface area contributed by atoms with Gasteiger partial charge in [-0.1, -0.05) is 42.0 Å². The number of benzene rings is 2. The van der Waals surface area contributed by atoms with Gasteiger partial charge in [-0.3, -0.25) is 9.36 Å². The van der Waals surface area contributed by atoms with E-state index in [9.17, 15) is 4.79 Å².